The molecule has 240 valence electrons. The maximum atomic E-state index is 13.5. The zero-order valence-electron chi connectivity index (χ0n) is 27.8. The Balaban J connectivity index is 1.17. The summed E-state index contributed by atoms with van der Waals surface area (Å²) < 4.78 is 12.5. The Bertz CT molecular complexity index is 1410. The van der Waals surface area contributed by atoms with E-state index in [-0.39, 0.29) is 61.8 Å². The van der Waals surface area contributed by atoms with E-state index in [2.05, 4.69) is 48.5 Å². The quantitative estimate of drug-likeness (QED) is 0.349. The fourth-order valence-electron chi connectivity index (χ4n) is 13.1. The van der Waals surface area contributed by atoms with Crippen LogP contribution in [0.4, 0.5) is 0 Å². The monoisotopic (exact) mass is 604 g/mol. The van der Waals surface area contributed by atoms with Crippen molar-refractivity contribution in [3.05, 3.63) is 35.4 Å². The second-order valence-corrected chi connectivity index (χ2v) is 17.8. The Hall–Kier alpha value is -2.37. The van der Waals surface area contributed by atoms with Crippen LogP contribution < -0.4 is 0 Å². The number of fused-ring (bicyclic) bond motifs is 5. The van der Waals surface area contributed by atoms with E-state index in [9.17, 15) is 19.5 Å². The maximum Gasteiger partial charge on any atom is 0.339 e. The number of esters is 2. The minimum absolute atomic E-state index is 0.00876. The lowest BCUT2D eigenvalue weighted by Gasteiger charge is -2.73. The topological polar surface area (TPSA) is 89.9 Å². The van der Waals surface area contributed by atoms with Crippen molar-refractivity contribution in [3.8, 4) is 0 Å². The molecule has 0 radical (unpaired) electrons. The van der Waals surface area contributed by atoms with Gasteiger partial charge in [-0.15, -0.1) is 0 Å². The number of hydrogen-bond acceptors (Lipinski definition) is 5. The molecule has 6 fully saturated rings. The Labute approximate surface area is 263 Å². The molecule has 1 aromatic carbocycles. The van der Waals surface area contributed by atoms with Crippen molar-refractivity contribution in [3.63, 3.8) is 0 Å². The Kier molecular flexibility index (Phi) is 6.43. The number of ether oxygens (including phenoxy) is 2. The van der Waals surface area contributed by atoms with Crippen LogP contribution in [-0.4, -0.2) is 35.2 Å². The number of hydrogen-bond donors (Lipinski definition) is 1. The Morgan fingerprint density at radius 1 is 0.795 bits per heavy atom. The first-order valence-electron chi connectivity index (χ1n) is 17.3. The maximum absolute atomic E-state index is 13.5. The standard InChI is InChI=1S/C38H52O6/c1-33(2)18-20-38-21-19-36(6)24(28(38)29(33)44-32(38)42)12-13-26-35(5)16-15-27(34(3,4)25(35)14-17-37(26,36)7)43-31(41)23-11-9-8-10-22(23)30(39)40/h8-11,24-29H,12-21H2,1-7H3,(H,39,40)/t24-,25+,26+,27-,28?,29-,35-,36+,37+,38+/m0/s1. The van der Waals surface area contributed by atoms with Crippen molar-refractivity contribution in [2.75, 3.05) is 0 Å². The van der Waals surface area contributed by atoms with Gasteiger partial charge in [0.25, 0.3) is 0 Å². The molecule has 1 unspecified atom stereocenters. The summed E-state index contributed by atoms with van der Waals surface area (Å²) in [5.41, 5.74) is 0.109. The lowest BCUT2D eigenvalue weighted by Crippen LogP contribution is -2.68. The summed E-state index contributed by atoms with van der Waals surface area (Å²) in [5.74, 6) is 0.269. The minimum Gasteiger partial charge on any atom is -0.478 e. The van der Waals surface area contributed by atoms with E-state index in [0.29, 0.717) is 23.7 Å². The Morgan fingerprint density at radius 3 is 2.18 bits per heavy atom. The van der Waals surface area contributed by atoms with Crippen LogP contribution in [0.5, 0.6) is 0 Å². The Morgan fingerprint density at radius 2 is 1.48 bits per heavy atom. The average molecular weight is 605 g/mol. The molecule has 5 saturated carbocycles. The highest BCUT2D eigenvalue weighted by molar-refractivity contribution is 6.02. The van der Waals surface area contributed by atoms with E-state index in [0.717, 1.165) is 51.4 Å². The molecule has 1 heterocycles. The SMILES string of the molecule is CC1(C)CC[C@@]23CC[C@]4(C)[C@@H](CC[C@@H]5[C@@]6(C)CC[C@H](OC(=O)c7ccccc7C(=O)O)C(C)(C)[C@H]6CC[C@]54C)C2[C@@H]1OC3=O. The van der Waals surface area contributed by atoms with Gasteiger partial charge in [0.05, 0.1) is 16.5 Å². The third-order valence-corrected chi connectivity index (χ3v) is 15.6. The van der Waals surface area contributed by atoms with Crippen LogP contribution in [-0.2, 0) is 14.3 Å². The first-order chi connectivity index (χ1) is 20.5. The van der Waals surface area contributed by atoms with Crippen molar-refractivity contribution >= 4 is 17.9 Å². The average Bonchev–Trinajstić information content (AvgIpc) is 3.22. The van der Waals surface area contributed by atoms with Crippen LogP contribution >= 0.6 is 0 Å². The second-order valence-electron chi connectivity index (χ2n) is 17.8. The molecule has 0 aromatic heterocycles. The van der Waals surface area contributed by atoms with Gasteiger partial charge < -0.3 is 14.6 Å². The summed E-state index contributed by atoms with van der Waals surface area (Å²) >= 11 is 0. The molecule has 1 aliphatic heterocycles. The molecule has 0 spiro atoms. The van der Waals surface area contributed by atoms with E-state index < -0.39 is 11.9 Å². The van der Waals surface area contributed by atoms with Gasteiger partial charge in [-0.2, -0.15) is 0 Å². The van der Waals surface area contributed by atoms with E-state index in [1.54, 1.807) is 18.2 Å². The molecule has 10 atom stereocenters. The third kappa shape index (κ3) is 3.69. The summed E-state index contributed by atoms with van der Waals surface area (Å²) in [4.78, 5) is 38.7. The molecule has 5 aliphatic carbocycles. The van der Waals surface area contributed by atoms with Gasteiger partial charge in [0.1, 0.15) is 12.2 Å². The first-order valence-corrected chi connectivity index (χ1v) is 17.3. The van der Waals surface area contributed by atoms with Crippen molar-refractivity contribution < 1.29 is 29.0 Å². The minimum atomic E-state index is -1.11. The van der Waals surface area contributed by atoms with Crippen LogP contribution in [0.25, 0.3) is 0 Å². The molecular weight excluding hydrogens is 552 g/mol. The van der Waals surface area contributed by atoms with Crippen molar-refractivity contribution in [2.24, 2.45) is 56.2 Å². The van der Waals surface area contributed by atoms with E-state index in [4.69, 9.17) is 9.47 Å². The molecule has 1 saturated heterocycles. The highest BCUT2D eigenvalue weighted by Crippen LogP contribution is 2.78. The van der Waals surface area contributed by atoms with Crippen LogP contribution in [0, 0.1) is 56.2 Å². The second kappa shape index (κ2) is 9.35. The summed E-state index contributed by atoms with van der Waals surface area (Å²) in [6.45, 7) is 16.9. The highest BCUT2D eigenvalue weighted by Gasteiger charge is 2.75. The molecule has 7 rings (SSSR count). The molecule has 1 aromatic rings. The molecule has 2 bridgehead atoms. The molecule has 44 heavy (non-hydrogen) atoms. The van der Waals surface area contributed by atoms with Crippen LogP contribution in [0.2, 0.25) is 0 Å². The lowest BCUT2D eigenvalue weighted by atomic mass is 9.31. The molecule has 1 N–H and O–H groups in total. The summed E-state index contributed by atoms with van der Waals surface area (Å²) in [7, 11) is 0. The number of carboxylic acids is 1. The molecule has 0 amide bonds. The number of carbonyl (C=O) groups is 3. The predicted octanol–water partition coefficient (Wildman–Crippen LogP) is 8.33. The largest absolute Gasteiger partial charge is 0.478 e. The van der Waals surface area contributed by atoms with Crippen molar-refractivity contribution in [1.82, 2.24) is 0 Å². The van der Waals surface area contributed by atoms with Crippen LogP contribution in [0.3, 0.4) is 0 Å². The molecular formula is C38H52O6. The van der Waals surface area contributed by atoms with Crippen LogP contribution in [0.15, 0.2) is 24.3 Å². The number of carbonyl (C=O) groups excluding carboxylic acids is 2. The van der Waals surface area contributed by atoms with Gasteiger partial charge in [-0.05, 0) is 110 Å². The van der Waals surface area contributed by atoms with Crippen molar-refractivity contribution in [2.45, 2.75) is 125 Å². The van der Waals surface area contributed by atoms with E-state index >= 15 is 0 Å². The van der Waals surface area contributed by atoms with Crippen molar-refractivity contribution in [1.29, 1.82) is 0 Å². The van der Waals surface area contributed by atoms with E-state index in [1.807, 2.05) is 0 Å². The lowest BCUT2D eigenvalue weighted by molar-refractivity contribution is -0.252. The normalized spacial score (nSPS) is 46.4. The first kappa shape index (κ1) is 30.3. The summed E-state index contributed by atoms with van der Waals surface area (Å²) in [6.07, 6.45) is 10.3. The van der Waals surface area contributed by atoms with Gasteiger partial charge in [-0.3, -0.25) is 4.79 Å². The van der Waals surface area contributed by atoms with Gasteiger partial charge in [0, 0.05) is 16.7 Å². The molecule has 6 nitrogen and oxygen atoms in total. The third-order valence-electron chi connectivity index (χ3n) is 15.6. The molecule has 6 aliphatic rings. The van der Waals surface area contributed by atoms with Gasteiger partial charge in [-0.25, -0.2) is 9.59 Å². The predicted molar refractivity (Wildman–Crippen MR) is 167 cm³/mol. The van der Waals surface area contributed by atoms with Gasteiger partial charge in [-0.1, -0.05) is 60.6 Å². The van der Waals surface area contributed by atoms with Crippen LogP contribution in [0.1, 0.15) is 133 Å². The highest BCUT2D eigenvalue weighted by atomic mass is 16.6. The summed E-state index contributed by atoms with van der Waals surface area (Å²) in [6, 6.07) is 6.36. The molecule has 6 heteroatoms. The number of aromatic carboxylic acids is 1. The number of benzene rings is 1. The zero-order valence-corrected chi connectivity index (χ0v) is 27.8. The zero-order chi connectivity index (χ0) is 31.7. The summed E-state index contributed by atoms with van der Waals surface area (Å²) in [5, 5.41) is 9.65. The fourth-order valence-corrected chi connectivity index (χ4v) is 13.1. The number of carboxylic acid groups (broad SMARTS) is 1. The van der Waals surface area contributed by atoms with Gasteiger partial charge >= 0.3 is 17.9 Å². The number of rotatable bonds is 3. The van der Waals surface area contributed by atoms with E-state index in [1.165, 1.54) is 18.9 Å². The fraction of sp³-hybridized carbons (Fsp3) is 0.763. The van der Waals surface area contributed by atoms with Gasteiger partial charge in [0.15, 0.2) is 0 Å². The smallest absolute Gasteiger partial charge is 0.339 e. The van der Waals surface area contributed by atoms with Gasteiger partial charge in [0.2, 0.25) is 0 Å².